The van der Waals surface area contributed by atoms with E-state index in [-0.39, 0.29) is 11.8 Å². The molecule has 2 aromatic rings. The zero-order chi connectivity index (χ0) is 13.8. The van der Waals surface area contributed by atoms with Crippen molar-refractivity contribution >= 4 is 11.6 Å². The van der Waals surface area contributed by atoms with Gasteiger partial charge in [0, 0.05) is 17.2 Å². The molecule has 0 radical (unpaired) electrons. The molecule has 1 saturated carbocycles. The Kier molecular flexibility index (Phi) is 3.71. The van der Waals surface area contributed by atoms with E-state index in [0.29, 0.717) is 5.82 Å². The topological polar surface area (TPSA) is 83.6 Å². The molecule has 0 saturated heterocycles. The number of anilines is 1. The maximum atomic E-state index is 12.2. The number of hydrogen-bond donors (Lipinski definition) is 2. The highest BCUT2D eigenvalue weighted by Crippen LogP contribution is 2.25. The van der Waals surface area contributed by atoms with Gasteiger partial charge in [0.1, 0.15) is 0 Å². The van der Waals surface area contributed by atoms with Crippen LogP contribution in [0, 0.1) is 5.92 Å². The van der Waals surface area contributed by atoms with Crippen LogP contribution in [0.1, 0.15) is 32.1 Å². The second-order valence-corrected chi connectivity index (χ2v) is 5.14. The van der Waals surface area contributed by atoms with Crippen LogP contribution < -0.4 is 5.32 Å². The molecule has 2 N–H and O–H groups in total. The normalized spacial score (nSPS) is 16.0. The van der Waals surface area contributed by atoms with Crippen LogP contribution in [-0.2, 0) is 4.79 Å². The van der Waals surface area contributed by atoms with E-state index in [4.69, 9.17) is 0 Å². The zero-order valence-electron chi connectivity index (χ0n) is 11.2. The number of aromatic nitrogens is 4. The molecule has 1 aromatic heterocycles. The van der Waals surface area contributed by atoms with Crippen LogP contribution in [0.25, 0.3) is 11.4 Å². The van der Waals surface area contributed by atoms with Crippen molar-refractivity contribution in [2.24, 2.45) is 5.92 Å². The van der Waals surface area contributed by atoms with Gasteiger partial charge in [-0.25, -0.2) is 0 Å². The Hall–Kier alpha value is -2.24. The van der Waals surface area contributed by atoms with Crippen LogP contribution in [-0.4, -0.2) is 26.5 Å². The Bertz CT molecular complexity index is 575. The summed E-state index contributed by atoms with van der Waals surface area (Å²) in [5.74, 6) is 0.798. The predicted molar refractivity (Wildman–Crippen MR) is 74.8 cm³/mol. The molecule has 0 unspecified atom stereocenters. The first kappa shape index (κ1) is 12.8. The highest BCUT2D eigenvalue weighted by atomic mass is 16.1. The molecule has 6 heteroatoms. The smallest absolute Gasteiger partial charge is 0.227 e. The number of benzene rings is 1. The van der Waals surface area contributed by atoms with Gasteiger partial charge in [0.05, 0.1) is 0 Å². The van der Waals surface area contributed by atoms with E-state index in [0.717, 1.165) is 36.9 Å². The highest BCUT2D eigenvalue weighted by Gasteiger charge is 2.21. The number of nitrogens with one attached hydrogen (secondary N) is 2. The summed E-state index contributed by atoms with van der Waals surface area (Å²) in [6, 6.07) is 7.51. The lowest BCUT2D eigenvalue weighted by Crippen LogP contribution is -2.24. The van der Waals surface area contributed by atoms with E-state index < -0.39 is 0 Å². The van der Waals surface area contributed by atoms with Crippen molar-refractivity contribution in [2.45, 2.75) is 32.1 Å². The van der Waals surface area contributed by atoms with E-state index in [2.05, 4.69) is 25.9 Å². The molecule has 20 heavy (non-hydrogen) atoms. The van der Waals surface area contributed by atoms with Crippen LogP contribution >= 0.6 is 0 Å². The molecule has 0 bridgehead atoms. The average Bonchev–Trinajstić information content (AvgIpc) is 3.03. The minimum Gasteiger partial charge on any atom is -0.326 e. The van der Waals surface area contributed by atoms with Gasteiger partial charge < -0.3 is 5.32 Å². The Morgan fingerprint density at radius 3 is 2.85 bits per heavy atom. The van der Waals surface area contributed by atoms with Crippen molar-refractivity contribution in [3.8, 4) is 11.4 Å². The van der Waals surface area contributed by atoms with Crippen LogP contribution in [0.2, 0.25) is 0 Å². The number of hydrogen-bond acceptors (Lipinski definition) is 4. The third-order valence-electron chi connectivity index (χ3n) is 3.71. The van der Waals surface area contributed by atoms with E-state index in [1.165, 1.54) is 6.42 Å². The first-order valence-electron chi connectivity index (χ1n) is 6.98. The number of carbonyl (C=O) groups is 1. The summed E-state index contributed by atoms with van der Waals surface area (Å²) in [5.41, 5.74) is 1.61. The molecular weight excluding hydrogens is 254 g/mol. The van der Waals surface area contributed by atoms with E-state index in [1.54, 1.807) is 0 Å². The summed E-state index contributed by atoms with van der Waals surface area (Å²) in [6.45, 7) is 0. The minimum absolute atomic E-state index is 0.120. The van der Waals surface area contributed by atoms with Crippen molar-refractivity contribution in [1.29, 1.82) is 0 Å². The summed E-state index contributed by atoms with van der Waals surface area (Å²) in [4.78, 5) is 12.2. The van der Waals surface area contributed by atoms with E-state index >= 15 is 0 Å². The van der Waals surface area contributed by atoms with Crippen LogP contribution in [0.15, 0.2) is 24.3 Å². The van der Waals surface area contributed by atoms with Crippen molar-refractivity contribution in [1.82, 2.24) is 20.6 Å². The molecule has 104 valence electrons. The van der Waals surface area contributed by atoms with Crippen LogP contribution in [0.3, 0.4) is 0 Å². The summed E-state index contributed by atoms with van der Waals surface area (Å²) in [5, 5.41) is 16.8. The zero-order valence-corrected chi connectivity index (χ0v) is 11.2. The number of nitrogens with zero attached hydrogens (tertiary/aromatic N) is 3. The first-order valence-corrected chi connectivity index (χ1v) is 6.98. The van der Waals surface area contributed by atoms with Gasteiger partial charge in [-0.2, -0.15) is 5.21 Å². The third kappa shape index (κ3) is 2.84. The Labute approximate surface area is 117 Å². The van der Waals surface area contributed by atoms with Crippen LogP contribution in [0.4, 0.5) is 5.69 Å². The molecule has 0 aliphatic heterocycles. The van der Waals surface area contributed by atoms with Gasteiger partial charge in [-0.05, 0) is 30.2 Å². The fourth-order valence-electron chi connectivity index (χ4n) is 2.63. The maximum Gasteiger partial charge on any atom is 0.227 e. The molecular formula is C14H17N5O. The molecule has 1 aromatic carbocycles. The highest BCUT2D eigenvalue weighted by molar-refractivity contribution is 5.93. The Morgan fingerprint density at radius 1 is 1.25 bits per heavy atom. The van der Waals surface area contributed by atoms with Gasteiger partial charge >= 0.3 is 0 Å². The van der Waals surface area contributed by atoms with Crippen molar-refractivity contribution < 1.29 is 4.79 Å². The fourth-order valence-corrected chi connectivity index (χ4v) is 2.63. The molecule has 1 aliphatic carbocycles. The quantitative estimate of drug-likeness (QED) is 0.897. The van der Waals surface area contributed by atoms with Crippen molar-refractivity contribution in [2.75, 3.05) is 5.32 Å². The second-order valence-electron chi connectivity index (χ2n) is 5.14. The number of aromatic amines is 1. The molecule has 1 heterocycles. The lowest BCUT2D eigenvalue weighted by Gasteiger charge is -2.20. The van der Waals surface area contributed by atoms with Gasteiger partial charge in [0.2, 0.25) is 11.7 Å². The first-order chi connectivity index (χ1) is 9.83. The lowest BCUT2D eigenvalue weighted by atomic mass is 9.88. The number of H-pyrrole nitrogens is 1. The van der Waals surface area contributed by atoms with Crippen molar-refractivity contribution in [3.63, 3.8) is 0 Å². The number of tetrazole rings is 1. The van der Waals surface area contributed by atoms with Gasteiger partial charge in [-0.15, -0.1) is 10.2 Å². The van der Waals surface area contributed by atoms with E-state index in [9.17, 15) is 4.79 Å². The van der Waals surface area contributed by atoms with Gasteiger partial charge in [-0.3, -0.25) is 4.79 Å². The summed E-state index contributed by atoms with van der Waals surface area (Å²) in [6.07, 6.45) is 5.55. The SMILES string of the molecule is O=C(Nc1cccc(-c2nn[nH]n2)c1)C1CCCCC1. The summed E-state index contributed by atoms with van der Waals surface area (Å²) in [7, 11) is 0. The van der Waals surface area contributed by atoms with Crippen LogP contribution in [0.5, 0.6) is 0 Å². The lowest BCUT2D eigenvalue weighted by molar-refractivity contribution is -0.120. The second kappa shape index (κ2) is 5.81. The number of amides is 1. The van der Waals surface area contributed by atoms with Gasteiger partial charge in [0.15, 0.2) is 0 Å². The fraction of sp³-hybridized carbons (Fsp3) is 0.429. The minimum atomic E-state index is 0.120. The summed E-state index contributed by atoms with van der Waals surface area (Å²) >= 11 is 0. The Morgan fingerprint density at radius 2 is 2.10 bits per heavy atom. The number of carbonyl (C=O) groups excluding carboxylic acids is 1. The average molecular weight is 271 g/mol. The Balaban J connectivity index is 1.71. The standard InChI is InChI=1S/C14H17N5O/c20-14(10-5-2-1-3-6-10)15-12-8-4-7-11(9-12)13-16-18-19-17-13/h4,7-10H,1-3,5-6H2,(H,15,20)(H,16,17,18,19). The molecule has 1 aliphatic rings. The van der Waals surface area contributed by atoms with Gasteiger partial charge in [0.25, 0.3) is 0 Å². The predicted octanol–water partition coefficient (Wildman–Crippen LogP) is 2.39. The molecule has 0 atom stereocenters. The monoisotopic (exact) mass is 271 g/mol. The summed E-state index contributed by atoms with van der Waals surface area (Å²) < 4.78 is 0. The van der Waals surface area contributed by atoms with Crippen molar-refractivity contribution in [3.05, 3.63) is 24.3 Å². The van der Waals surface area contributed by atoms with E-state index in [1.807, 2.05) is 24.3 Å². The maximum absolute atomic E-state index is 12.2. The molecule has 1 fully saturated rings. The molecule has 0 spiro atoms. The largest absolute Gasteiger partial charge is 0.326 e. The van der Waals surface area contributed by atoms with Gasteiger partial charge in [-0.1, -0.05) is 31.4 Å². The molecule has 3 rings (SSSR count). The molecule has 6 nitrogen and oxygen atoms in total. The molecule has 1 amide bonds. The number of rotatable bonds is 3. The third-order valence-corrected chi connectivity index (χ3v) is 3.71.